The van der Waals surface area contributed by atoms with E-state index < -0.39 is 0 Å². The third-order valence-electron chi connectivity index (χ3n) is 5.72. The largest absolute Gasteiger partial charge is 0.375 e. The molecule has 0 aromatic heterocycles. The molecule has 4 heteroatoms. The minimum Gasteiger partial charge on any atom is -0.375 e. The van der Waals surface area contributed by atoms with Gasteiger partial charge in [0.25, 0.3) is 0 Å². The van der Waals surface area contributed by atoms with Gasteiger partial charge in [0.15, 0.2) is 0 Å². The fraction of sp³-hybridized carbons (Fsp3) is 1.00. The van der Waals surface area contributed by atoms with Gasteiger partial charge < -0.3 is 15.0 Å². The average molecular weight is 313 g/mol. The molecule has 0 aliphatic carbocycles. The first-order chi connectivity index (χ1) is 10.3. The highest BCUT2D eigenvalue weighted by atomic mass is 32.2. The number of nitrogens with zero attached hydrogens (tertiary/aromatic N) is 1. The monoisotopic (exact) mass is 312 g/mol. The van der Waals surface area contributed by atoms with E-state index in [4.69, 9.17) is 4.74 Å². The summed E-state index contributed by atoms with van der Waals surface area (Å²) in [5, 5.41) is 3.52. The van der Waals surface area contributed by atoms with Crippen LogP contribution in [0.2, 0.25) is 0 Å². The molecule has 0 aromatic carbocycles. The predicted octanol–water partition coefficient (Wildman–Crippen LogP) is 2.75. The van der Waals surface area contributed by atoms with Crippen LogP contribution in [-0.2, 0) is 4.74 Å². The molecule has 1 N–H and O–H groups in total. The van der Waals surface area contributed by atoms with Crippen molar-refractivity contribution in [3.8, 4) is 0 Å². The topological polar surface area (TPSA) is 24.5 Å². The van der Waals surface area contributed by atoms with Crippen LogP contribution in [-0.4, -0.2) is 60.8 Å². The standard InChI is InChI=1S/C17H32N2OS/c1-2-18-14-15-3-8-19(9-4-15)16-5-10-20-17(13-16)6-11-21-12-7-17/h15-16,18H,2-14H2,1H3. The first-order valence-corrected chi connectivity index (χ1v) is 10.1. The second kappa shape index (κ2) is 7.67. The zero-order valence-electron chi connectivity index (χ0n) is 13.6. The van der Waals surface area contributed by atoms with Gasteiger partial charge in [-0.15, -0.1) is 0 Å². The summed E-state index contributed by atoms with van der Waals surface area (Å²) in [6, 6.07) is 0.793. The minimum atomic E-state index is 0.245. The predicted molar refractivity (Wildman–Crippen MR) is 91.1 cm³/mol. The number of rotatable bonds is 4. The second-order valence-corrected chi connectivity index (χ2v) is 8.30. The van der Waals surface area contributed by atoms with Crippen LogP contribution in [0.25, 0.3) is 0 Å². The maximum atomic E-state index is 6.25. The van der Waals surface area contributed by atoms with Crippen molar-refractivity contribution in [1.29, 1.82) is 0 Å². The average Bonchev–Trinajstić information content (AvgIpc) is 2.54. The number of thioether (sulfide) groups is 1. The molecular formula is C17H32N2OS. The summed E-state index contributed by atoms with van der Waals surface area (Å²) in [7, 11) is 0. The van der Waals surface area contributed by atoms with Gasteiger partial charge in [-0.2, -0.15) is 11.8 Å². The van der Waals surface area contributed by atoms with Crippen LogP contribution in [0.1, 0.15) is 45.4 Å². The molecule has 21 heavy (non-hydrogen) atoms. The third kappa shape index (κ3) is 4.15. The van der Waals surface area contributed by atoms with Crippen molar-refractivity contribution in [3.05, 3.63) is 0 Å². The number of hydrogen-bond acceptors (Lipinski definition) is 4. The zero-order chi connectivity index (χ0) is 14.5. The van der Waals surface area contributed by atoms with Crippen molar-refractivity contribution in [2.24, 2.45) is 5.92 Å². The van der Waals surface area contributed by atoms with E-state index in [1.807, 2.05) is 0 Å². The number of nitrogens with one attached hydrogen (secondary N) is 1. The fourth-order valence-corrected chi connectivity index (χ4v) is 5.51. The quantitative estimate of drug-likeness (QED) is 0.863. The molecule has 1 atom stereocenters. The number of piperidine rings is 1. The molecule has 0 bridgehead atoms. The number of ether oxygens (including phenoxy) is 1. The van der Waals surface area contributed by atoms with Gasteiger partial charge in [0, 0.05) is 12.6 Å². The molecule has 0 aromatic rings. The molecule has 3 aliphatic heterocycles. The van der Waals surface area contributed by atoms with Crippen molar-refractivity contribution in [3.63, 3.8) is 0 Å². The SMILES string of the molecule is CCNCC1CCN(C2CCOC3(CCSCC3)C2)CC1. The third-order valence-corrected chi connectivity index (χ3v) is 6.71. The molecule has 3 rings (SSSR count). The van der Waals surface area contributed by atoms with Gasteiger partial charge in [0.1, 0.15) is 0 Å². The molecule has 3 aliphatic rings. The van der Waals surface area contributed by atoms with Gasteiger partial charge in [-0.05, 0) is 82.1 Å². The maximum absolute atomic E-state index is 6.25. The van der Waals surface area contributed by atoms with E-state index >= 15 is 0 Å². The van der Waals surface area contributed by atoms with E-state index in [0.29, 0.717) is 0 Å². The van der Waals surface area contributed by atoms with Gasteiger partial charge >= 0.3 is 0 Å². The number of likely N-dealkylation sites (tertiary alicyclic amines) is 1. The highest BCUT2D eigenvalue weighted by molar-refractivity contribution is 7.99. The van der Waals surface area contributed by atoms with Crippen molar-refractivity contribution in [2.75, 3.05) is 44.3 Å². The Morgan fingerprint density at radius 2 is 1.95 bits per heavy atom. The first-order valence-electron chi connectivity index (χ1n) is 8.98. The summed E-state index contributed by atoms with van der Waals surface area (Å²) < 4.78 is 6.25. The minimum absolute atomic E-state index is 0.245. The molecule has 3 heterocycles. The maximum Gasteiger partial charge on any atom is 0.0713 e. The molecule has 0 radical (unpaired) electrons. The Morgan fingerprint density at radius 1 is 1.19 bits per heavy atom. The summed E-state index contributed by atoms with van der Waals surface area (Å²) in [5.41, 5.74) is 0.245. The van der Waals surface area contributed by atoms with E-state index in [1.165, 1.54) is 69.7 Å². The van der Waals surface area contributed by atoms with E-state index in [0.717, 1.165) is 25.1 Å². The molecule has 1 unspecified atom stereocenters. The molecular weight excluding hydrogens is 280 g/mol. The molecule has 0 amide bonds. The summed E-state index contributed by atoms with van der Waals surface area (Å²) in [4.78, 5) is 2.79. The van der Waals surface area contributed by atoms with Gasteiger partial charge in [-0.25, -0.2) is 0 Å². The van der Waals surface area contributed by atoms with E-state index in [9.17, 15) is 0 Å². The molecule has 0 saturated carbocycles. The molecule has 3 saturated heterocycles. The van der Waals surface area contributed by atoms with E-state index in [1.54, 1.807) is 0 Å². The summed E-state index contributed by atoms with van der Waals surface area (Å²) in [6.07, 6.45) is 7.88. The Kier molecular flexibility index (Phi) is 5.88. The summed E-state index contributed by atoms with van der Waals surface area (Å²) in [5.74, 6) is 3.51. The van der Waals surface area contributed by atoms with Crippen molar-refractivity contribution in [2.45, 2.75) is 57.1 Å². The fourth-order valence-electron chi connectivity index (χ4n) is 4.28. The van der Waals surface area contributed by atoms with Crippen LogP contribution in [0, 0.1) is 5.92 Å². The highest BCUT2D eigenvalue weighted by Gasteiger charge is 2.40. The van der Waals surface area contributed by atoms with Crippen LogP contribution >= 0.6 is 11.8 Å². The zero-order valence-corrected chi connectivity index (χ0v) is 14.4. The first kappa shape index (κ1) is 16.1. The van der Waals surface area contributed by atoms with Gasteiger partial charge in [0.2, 0.25) is 0 Å². The lowest BCUT2D eigenvalue weighted by molar-refractivity contribution is -0.113. The van der Waals surface area contributed by atoms with Crippen LogP contribution in [0.5, 0.6) is 0 Å². The van der Waals surface area contributed by atoms with Gasteiger partial charge in [-0.3, -0.25) is 0 Å². The molecule has 3 fully saturated rings. The Hall–Kier alpha value is 0.230. The lowest BCUT2D eigenvalue weighted by Crippen LogP contribution is -2.52. The second-order valence-electron chi connectivity index (χ2n) is 7.08. The van der Waals surface area contributed by atoms with E-state index in [-0.39, 0.29) is 5.60 Å². The van der Waals surface area contributed by atoms with Crippen LogP contribution in [0.15, 0.2) is 0 Å². The lowest BCUT2D eigenvalue weighted by Gasteiger charge is -2.48. The van der Waals surface area contributed by atoms with Crippen LogP contribution in [0.4, 0.5) is 0 Å². The summed E-state index contributed by atoms with van der Waals surface area (Å²) in [6.45, 7) is 8.16. The van der Waals surface area contributed by atoms with Gasteiger partial charge in [0.05, 0.1) is 5.60 Å². The Balaban J connectivity index is 1.48. The summed E-state index contributed by atoms with van der Waals surface area (Å²) >= 11 is 2.11. The highest BCUT2D eigenvalue weighted by Crippen LogP contribution is 2.39. The van der Waals surface area contributed by atoms with Crippen LogP contribution < -0.4 is 5.32 Å². The van der Waals surface area contributed by atoms with E-state index in [2.05, 4.69) is 28.9 Å². The van der Waals surface area contributed by atoms with Crippen LogP contribution in [0.3, 0.4) is 0 Å². The molecule has 3 nitrogen and oxygen atoms in total. The lowest BCUT2D eigenvalue weighted by atomic mass is 9.83. The molecule has 1 spiro atoms. The van der Waals surface area contributed by atoms with Crippen molar-refractivity contribution in [1.82, 2.24) is 10.2 Å². The van der Waals surface area contributed by atoms with Crippen molar-refractivity contribution >= 4 is 11.8 Å². The van der Waals surface area contributed by atoms with Crippen molar-refractivity contribution < 1.29 is 4.74 Å². The normalized spacial score (nSPS) is 31.6. The Bertz CT molecular complexity index is 306. The Labute approximate surface area is 134 Å². The smallest absolute Gasteiger partial charge is 0.0713 e. The van der Waals surface area contributed by atoms with Gasteiger partial charge in [-0.1, -0.05) is 6.92 Å². The Morgan fingerprint density at radius 3 is 2.67 bits per heavy atom. The molecule has 122 valence electrons. The number of hydrogen-bond donors (Lipinski definition) is 1.